The van der Waals surface area contributed by atoms with Crippen molar-refractivity contribution in [2.24, 2.45) is 0 Å². The van der Waals surface area contributed by atoms with Crippen molar-refractivity contribution < 1.29 is 23.1 Å². The van der Waals surface area contributed by atoms with Gasteiger partial charge in [0.25, 0.3) is 0 Å². The number of carbonyl (C=O) groups is 1. The molecule has 2 rings (SSSR count). The molecule has 3 nitrogen and oxygen atoms in total. The number of hydrogen-bond donors (Lipinski definition) is 1. The predicted molar refractivity (Wildman–Crippen MR) is 50.5 cm³/mol. The number of rotatable bonds is 1. The molecule has 0 fully saturated rings. The van der Waals surface area contributed by atoms with Crippen LogP contribution in [0.15, 0.2) is 18.2 Å². The second-order valence-corrected chi connectivity index (χ2v) is 3.49. The Morgan fingerprint density at radius 1 is 1.38 bits per heavy atom. The van der Waals surface area contributed by atoms with E-state index in [9.17, 15) is 18.0 Å². The number of fused-ring (bicyclic) bond motifs is 1. The maximum absolute atomic E-state index is 12.6. The number of halogens is 3. The van der Waals surface area contributed by atoms with E-state index < -0.39 is 12.3 Å². The number of carboxylic acid groups (broad SMARTS) is 1. The number of anilines is 1. The lowest BCUT2D eigenvalue weighted by Crippen LogP contribution is -2.37. The van der Waals surface area contributed by atoms with Gasteiger partial charge in [-0.2, -0.15) is 13.2 Å². The highest BCUT2D eigenvalue weighted by Gasteiger charge is 2.42. The van der Waals surface area contributed by atoms with Crippen molar-refractivity contribution in [2.45, 2.75) is 12.7 Å². The lowest BCUT2D eigenvalue weighted by Gasteiger charge is -2.23. The number of benzene rings is 1. The molecule has 16 heavy (non-hydrogen) atoms. The van der Waals surface area contributed by atoms with Gasteiger partial charge in [0.2, 0.25) is 0 Å². The average Bonchev–Trinajstić information content (AvgIpc) is 2.59. The van der Waals surface area contributed by atoms with E-state index >= 15 is 0 Å². The van der Waals surface area contributed by atoms with Gasteiger partial charge < -0.3 is 5.11 Å². The monoisotopic (exact) mass is 231 g/mol. The van der Waals surface area contributed by atoms with Gasteiger partial charge in [-0.05, 0) is 18.1 Å². The molecule has 1 heterocycles. The van der Waals surface area contributed by atoms with Crippen molar-refractivity contribution in [3.05, 3.63) is 29.3 Å². The van der Waals surface area contributed by atoms with Gasteiger partial charge in [0.15, 0.2) is 0 Å². The zero-order chi connectivity index (χ0) is 11.9. The summed E-state index contributed by atoms with van der Waals surface area (Å²) in [6.45, 7) is -0.219. The zero-order valence-corrected chi connectivity index (χ0v) is 8.08. The summed E-state index contributed by atoms with van der Waals surface area (Å²) in [4.78, 5) is 11.0. The Bertz CT molecular complexity index is 442. The molecule has 1 aliphatic rings. The molecule has 0 bridgehead atoms. The maximum Gasteiger partial charge on any atom is 0.484 e. The Morgan fingerprint density at radius 2 is 2.06 bits per heavy atom. The molecule has 86 valence electrons. The van der Waals surface area contributed by atoms with Crippen LogP contribution in [0, 0.1) is 0 Å². The lowest BCUT2D eigenvalue weighted by atomic mass is 10.1. The van der Waals surface area contributed by atoms with Crippen molar-refractivity contribution in [1.82, 2.24) is 0 Å². The Morgan fingerprint density at radius 3 is 2.62 bits per heavy atom. The standard InChI is InChI=1S/C10H8F3NO2/c11-10(12,13)14-5-4-6-2-1-3-7(8(6)14)9(15)16/h1-3H,4-5H2,(H,15,16). The fourth-order valence-corrected chi connectivity index (χ4v) is 1.88. The van der Waals surface area contributed by atoms with Crippen LogP contribution >= 0.6 is 0 Å². The first-order valence-corrected chi connectivity index (χ1v) is 4.61. The van der Waals surface area contributed by atoms with E-state index in [1.807, 2.05) is 0 Å². The minimum Gasteiger partial charge on any atom is -0.478 e. The molecular formula is C10H8F3NO2. The smallest absolute Gasteiger partial charge is 0.478 e. The van der Waals surface area contributed by atoms with Crippen molar-refractivity contribution >= 4 is 11.7 Å². The Hall–Kier alpha value is -1.72. The first-order valence-electron chi connectivity index (χ1n) is 4.61. The summed E-state index contributed by atoms with van der Waals surface area (Å²) in [6.07, 6.45) is -4.31. The van der Waals surface area contributed by atoms with Gasteiger partial charge in [-0.1, -0.05) is 12.1 Å². The van der Waals surface area contributed by atoms with E-state index in [0.29, 0.717) is 5.56 Å². The second kappa shape index (κ2) is 3.40. The SMILES string of the molecule is O=C(O)c1cccc2c1N(C(F)(F)F)CC2. The van der Waals surface area contributed by atoms with E-state index in [1.165, 1.54) is 18.2 Å². The summed E-state index contributed by atoms with van der Waals surface area (Å²) in [5.41, 5.74) is -0.0907. The summed E-state index contributed by atoms with van der Waals surface area (Å²) in [6, 6.07) is 4.17. The van der Waals surface area contributed by atoms with Crippen LogP contribution in [0.2, 0.25) is 0 Å². The van der Waals surface area contributed by atoms with Gasteiger partial charge in [-0.25, -0.2) is 4.79 Å². The largest absolute Gasteiger partial charge is 0.484 e. The summed E-state index contributed by atoms with van der Waals surface area (Å²) >= 11 is 0. The highest BCUT2D eigenvalue weighted by Crippen LogP contribution is 2.38. The van der Waals surface area contributed by atoms with Crippen LogP contribution in [0.5, 0.6) is 0 Å². The number of hydrogen-bond acceptors (Lipinski definition) is 2. The third-order valence-electron chi connectivity index (χ3n) is 2.53. The topological polar surface area (TPSA) is 40.5 Å². The van der Waals surface area contributed by atoms with E-state index in [-0.39, 0.29) is 29.1 Å². The Kier molecular flexibility index (Phi) is 2.29. The van der Waals surface area contributed by atoms with Crippen LogP contribution in [0.3, 0.4) is 0 Å². The second-order valence-electron chi connectivity index (χ2n) is 3.49. The number of carboxylic acids is 1. The van der Waals surface area contributed by atoms with Crippen LogP contribution < -0.4 is 4.90 Å². The molecule has 6 heteroatoms. The lowest BCUT2D eigenvalue weighted by molar-refractivity contribution is -0.127. The third-order valence-corrected chi connectivity index (χ3v) is 2.53. The van der Waals surface area contributed by atoms with Gasteiger partial charge in [0, 0.05) is 6.54 Å². The van der Waals surface area contributed by atoms with Crippen LogP contribution in [0.25, 0.3) is 0 Å². The summed E-state index contributed by atoms with van der Waals surface area (Å²) < 4.78 is 37.8. The van der Waals surface area contributed by atoms with E-state index in [2.05, 4.69) is 0 Å². The number of para-hydroxylation sites is 1. The molecule has 0 saturated carbocycles. The van der Waals surface area contributed by atoms with Gasteiger partial charge >= 0.3 is 12.3 Å². The highest BCUT2D eigenvalue weighted by atomic mass is 19.4. The molecule has 0 aromatic heterocycles. The van der Waals surface area contributed by atoms with Crippen LogP contribution in [-0.4, -0.2) is 23.9 Å². The van der Waals surface area contributed by atoms with Crippen LogP contribution in [0.4, 0.5) is 18.9 Å². The number of nitrogens with zero attached hydrogens (tertiary/aromatic N) is 1. The molecule has 1 aromatic rings. The maximum atomic E-state index is 12.6. The number of aromatic carboxylic acids is 1. The summed E-state index contributed by atoms with van der Waals surface area (Å²) in [7, 11) is 0. The van der Waals surface area contributed by atoms with E-state index in [0.717, 1.165) is 0 Å². The van der Waals surface area contributed by atoms with Gasteiger partial charge in [-0.3, -0.25) is 4.90 Å². The average molecular weight is 231 g/mol. The molecule has 0 atom stereocenters. The quantitative estimate of drug-likeness (QED) is 0.753. The summed E-state index contributed by atoms with van der Waals surface area (Å²) in [5, 5.41) is 8.84. The van der Waals surface area contributed by atoms with Gasteiger partial charge in [-0.15, -0.1) is 0 Å². The Balaban J connectivity index is 2.56. The predicted octanol–water partition coefficient (Wildman–Crippen LogP) is 2.27. The van der Waals surface area contributed by atoms with Crippen molar-refractivity contribution in [1.29, 1.82) is 0 Å². The van der Waals surface area contributed by atoms with Crippen molar-refractivity contribution in [3.63, 3.8) is 0 Å². The van der Waals surface area contributed by atoms with Crippen molar-refractivity contribution in [2.75, 3.05) is 11.4 Å². The highest BCUT2D eigenvalue weighted by molar-refractivity contribution is 5.96. The fourth-order valence-electron chi connectivity index (χ4n) is 1.88. The number of alkyl halides is 3. The molecule has 0 unspecified atom stereocenters. The van der Waals surface area contributed by atoms with Crippen molar-refractivity contribution in [3.8, 4) is 0 Å². The minimum absolute atomic E-state index is 0.186. The van der Waals surface area contributed by atoms with Crippen LogP contribution in [-0.2, 0) is 6.42 Å². The molecular weight excluding hydrogens is 223 g/mol. The molecule has 1 aromatic carbocycles. The van der Waals surface area contributed by atoms with E-state index in [1.54, 1.807) is 0 Å². The van der Waals surface area contributed by atoms with Gasteiger partial charge in [0.1, 0.15) is 0 Å². The first kappa shape index (κ1) is 10.8. The zero-order valence-electron chi connectivity index (χ0n) is 8.08. The molecule has 1 N–H and O–H groups in total. The molecule has 0 saturated heterocycles. The molecule has 0 amide bonds. The first-order chi connectivity index (χ1) is 7.41. The fraction of sp³-hybridized carbons (Fsp3) is 0.300. The normalized spacial score (nSPS) is 15.1. The van der Waals surface area contributed by atoms with E-state index in [4.69, 9.17) is 5.11 Å². The molecule has 0 aliphatic carbocycles. The summed E-state index contributed by atoms with van der Waals surface area (Å²) in [5.74, 6) is -1.34. The third kappa shape index (κ3) is 1.60. The molecule has 0 spiro atoms. The molecule has 1 aliphatic heterocycles. The van der Waals surface area contributed by atoms with Crippen LogP contribution in [0.1, 0.15) is 15.9 Å². The minimum atomic E-state index is -4.53. The molecule has 0 radical (unpaired) electrons. The van der Waals surface area contributed by atoms with Gasteiger partial charge in [0.05, 0.1) is 11.3 Å². The Labute approximate surface area is 89.1 Å².